The van der Waals surface area contributed by atoms with Crippen molar-refractivity contribution in [2.24, 2.45) is 0 Å². The molecular weight excluding hydrogens is 330 g/mol. The maximum absolute atomic E-state index is 12.4. The SMILES string of the molecule is COc1cccc(CN2C(=O)CSC2c2ccc(C)s2)c1OC. The van der Waals surface area contributed by atoms with Gasteiger partial charge in [-0.1, -0.05) is 12.1 Å². The van der Waals surface area contributed by atoms with Crippen LogP contribution in [-0.2, 0) is 11.3 Å². The van der Waals surface area contributed by atoms with Gasteiger partial charge in [0.2, 0.25) is 5.91 Å². The van der Waals surface area contributed by atoms with Crippen LogP contribution < -0.4 is 9.47 Å². The van der Waals surface area contributed by atoms with Gasteiger partial charge in [0.15, 0.2) is 11.5 Å². The van der Waals surface area contributed by atoms with E-state index in [9.17, 15) is 4.79 Å². The summed E-state index contributed by atoms with van der Waals surface area (Å²) in [5.41, 5.74) is 0.959. The summed E-state index contributed by atoms with van der Waals surface area (Å²) in [4.78, 5) is 16.8. The molecule has 0 N–H and O–H groups in total. The topological polar surface area (TPSA) is 38.8 Å². The van der Waals surface area contributed by atoms with Crippen LogP contribution in [0, 0.1) is 6.92 Å². The first-order valence-corrected chi connectivity index (χ1v) is 9.18. The normalized spacial score (nSPS) is 17.6. The van der Waals surface area contributed by atoms with Crippen molar-refractivity contribution in [1.82, 2.24) is 4.90 Å². The minimum Gasteiger partial charge on any atom is -0.493 e. The van der Waals surface area contributed by atoms with E-state index in [0.29, 0.717) is 23.8 Å². The van der Waals surface area contributed by atoms with Crippen molar-refractivity contribution in [3.63, 3.8) is 0 Å². The number of hydrogen-bond acceptors (Lipinski definition) is 5. The molecule has 0 aliphatic carbocycles. The number of carbonyl (C=O) groups is 1. The number of para-hydroxylation sites is 1. The predicted molar refractivity (Wildman–Crippen MR) is 94.4 cm³/mol. The Bertz CT molecular complexity index is 714. The summed E-state index contributed by atoms with van der Waals surface area (Å²) in [6, 6.07) is 9.99. The van der Waals surface area contributed by atoms with Crippen molar-refractivity contribution < 1.29 is 14.3 Å². The minimum absolute atomic E-state index is 0.0807. The highest BCUT2D eigenvalue weighted by Gasteiger charge is 2.34. The van der Waals surface area contributed by atoms with Crippen LogP contribution in [-0.4, -0.2) is 30.8 Å². The number of amides is 1. The number of nitrogens with zero attached hydrogens (tertiary/aromatic N) is 1. The third kappa shape index (κ3) is 3.19. The zero-order chi connectivity index (χ0) is 16.4. The van der Waals surface area contributed by atoms with Gasteiger partial charge in [0.1, 0.15) is 5.37 Å². The maximum atomic E-state index is 12.4. The molecule has 0 bridgehead atoms. The Morgan fingerprint density at radius 1 is 1.22 bits per heavy atom. The van der Waals surface area contributed by atoms with E-state index in [1.165, 1.54) is 9.75 Å². The molecule has 3 rings (SSSR count). The lowest BCUT2D eigenvalue weighted by molar-refractivity contribution is -0.128. The van der Waals surface area contributed by atoms with Crippen molar-refractivity contribution in [1.29, 1.82) is 0 Å². The quantitative estimate of drug-likeness (QED) is 0.822. The van der Waals surface area contributed by atoms with Gasteiger partial charge < -0.3 is 14.4 Å². The number of benzene rings is 1. The molecule has 23 heavy (non-hydrogen) atoms. The molecule has 1 saturated heterocycles. The Balaban J connectivity index is 1.90. The van der Waals surface area contributed by atoms with E-state index in [2.05, 4.69) is 19.1 Å². The summed E-state index contributed by atoms with van der Waals surface area (Å²) in [6.45, 7) is 2.61. The molecule has 1 unspecified atom stereocenters. The molecule has 1 aliphatic heterocycles. The Labute approximate surface area is 144 Å². The van der Waals surface area contributed by atoms with Crippen molar-refractivity contribution in [3.8, 4) is 11.5 Å². The molecule has 122 valence electrons. The molecule has 0 saturated carbocycles. The smallest absolute Gasteiger partial charge is 0.234 e. The largest absolute Gasteiger partial charge is 0.493 e. The third-order valence-electron chi connectivity index (χ3n) is 3.80. The number of thiophene rings is 1. The molecule has 1 atom stereocenters. The molecule has 2 heterocycles. The standard InChI is InChI=1S/C17H19NO3S2/c1-11-7-8-14(23-11)17-18(15(19)10-22-17)9-12-5-4-6-13(20-2)16(12)21-3/h4-8,17H,9-10H2,1-3H3. The highest BCUT2D eigenvalue weighted by molar-refractivity contribution is 8.00. The monoisotopic (exact) mass is 349 g/mol. The first-order valence-electron chi connectivity index (χ1n) is 7.31. The average molecular weight is 349 g/mol. The highest BCUT2D eigenvalue weighted by atomic mass is 32.2. The number of aryl methyl sites for hydroxylation is 1. The van der Waals surface area contributed by atoms with Crippen LogP contribution in [0.4, 0.5) is 0 Å². The molecule has 1 aromatic carbocycles. The predicted octanol–water partition coefficient (Wildman–Crippen LogP) is 3.85. The van der Waals surface area contributed by atoms with Crippen molar-refractivity contribution in [2.45, 2.75) is 18.8 Å². The summed E-state index contributed by atoms with van der Waals surface area (Å²) in [5.74, 6) is 2.07. The molecule has 0 spiro atoms. The van der Waals surface area contributed by atoms with Crippen LogP contribution in [0.2, 0.25) is 0 Å². The van der Waals surface area contributed by atoms with Gasteiger partial charge in [-0.3, -0.25) is 4.79 Å². The van der Waals surface area contributed by atoms with Crippen LogP contribution in [0.25, 0.3) is 0 Å². The molecule has 1 fully saturated rings. The van der Waals surface area contributed by atoms with Crippen LogP contribution in [0.1, 0.15) is 20.7 Å². The zero-order valence-electron chi connectivity index (χ0n) is 13.4. The number of ether oxygens (including phenoxy) is 2. The second-order valence-electron chi connectivity index (χ2n) is 5.29. The lowest BCUT2D eigenvalue weighted by atomic mass is 10.1. The van der Waals surface area contributed by atoms with Gasteiger partial charge in [0.05, 0.1) is 26.5 Å². The molecular formula is C17H19NO3S2. The Kier molecular flexibility index (Phi) is 4.82. The van der Waals surface area contributed by atoms with Crippen molar-refractivity contribution in [3.05, 3.63) is 45.6 Å². The van der Waals surface area contributed by atoms with Crippen LogP contribution in [0.15, 0.2) is 30.3 Å². The van der Waals surface area contributed by atoms with E-state index in [1.807, 2.05) is 23.1 Å². The summed E-state index contributed by atoms with van der Waals surface area (Å²) >= 11 is 3.43. The Morgan fingerprint density at radius 2 is 2.04 bits per heavy atom. The fourth-order valence-corrected chi connectivity index (χ4v) is 5.01. The van der Waals surface area contributed by atoms with Gasteiger partial charge in [0, 0.05) is 15.3 Å². The molecule has 2 aromatic rings. The molecule has 1 amide bonds. The Morgan fingerprint density at radius 3 is 2.70 bits per heavy atom. The van der Waals surface area contributed by atoms with Gasteiger partial charge in [0.25, 0.3) is 0 Å². The summed E-state index contributed by atoms with van der Waals surface area (Å²) in [5, 5.41) is 0.0807. The van der Waals surface area contributed by atoms with E-state index >= 15 is 0 Å². The number of hydrogen-bond donors (Lipinski definition) is 0. The first kappa shape index (κ1) is 16.2. The fourth-order valence-electron chi connectivity index (χ4n) is 2.71. The fraction of sp³-hybridized carbons (Fsp3) is 0.353. The second kappa shape index (κ2) is 6.84. The molecule has 4 nitrogen and oxygen atoms in total. The number of thioether (sulfide) groups is 1. The first-order chi connectivity index (χ1) is 11.1. The number of methoxy groups -OCH3 is 2. The van der Waals surface area contributed by atoms with Crippen LogP contribution in [0.5, 0.6) is 11.5 Å². The maximum Gasteiger partial charge on any atom is 0.234 e. The second-order valence-corrected chi connectivity index (χ2v) is 7.67. The Hall–Kier alpha value is -1.66. The third-order valence-corrected chi connectivity index (χ3v) is 6.24. The van der Waals surface area contributed by atoms with E-state index in [1.54, 1.807) is 37.3 Å². The van der Waals surface area contributed by atoms with Crippen LogP contribution in [0.3, 0.4) is 0 Å². The molecule has 6 heteroatoms. The van der Waals surface area contributed by atoms with Gasteiger partial charge >= 0.3 is 0 Å². The number of rotatable bonds is 5. The molecule has 1 aliphatic rings. The van der Waals surface area contributed by atoms with E-state index < -0.39 is 0 Å². The number of carbonyl (C=O) groups excluding carboxylic acids is 1. The summed E-state index contributed by atoms with van der Waals surface area (Å²) < 4.78 is 10.8. The highest BCUT2D eigenvalue weighted by Crippen LogP contribution is 2.43. The van der Waals surface area contributed by atoms with E-state index in [0.717, 1.165) is 5.56 Å². The minimum atomic E-state index is 0.0807. The lowest BCUT2D eigenvalue weighted by Gasteiger charge is -2.24. The zero-order valence-corrected chi connectivity index (χ0v) is 15.0. The summed E-state index contributed by atoms with van der Waals surface area (Å²) in [6.07, 6.45) is 0. The van der Waals surface area contributed by atoms with Crippen LogP contribution >= 0.6 is 23.1 Å². The van der Waals surface area contributed by atoms with Gasteiger partial charge in [-0.2, -0.15) is 0 Å². The van der Waals surface area contributed by atoms with Gasteiger partial charge in [-0.25, -0.2) is 0 Å². The summed E-state index contributed by atoms with van der Waals surface area (Å²) in [7, 11) is 3.25. The van der Waals surface area contributed by atoms with Crippen molar-refractivity contribution in [2.75, 3.05) is 20.0 Å². The van der Waals surface area contributed by atoms with Gasteiger partial charge in [-0.05, 0) is 25.1 Å². The van der Waals surface area contributed by atoms with E-state index in [4.69, 9.17) is 9.47 Å². The lowest BCUT2D eigenvalue weighted by Crippen LogP contribution is -2.27. The van der Waals surface area contributed by atoms with E-state index in [-0.39, 0.29) is 11.3 Å². The van der Waals surface area contributed by atoms with Crippen molar-refractivity contribution >= 4 is 29.0 Å². The van der Waals surface area contributed by atoms with Gasteiger partial charge in [-0.15, -0.1) is 23.1 Å². The molecule has 1 aromatic heterocycles. The average Bonchev–Trinajstić information content (AvgIpc) is 3.13. The molecule has 0 radical (unpaired) electrons.